The third kappa shape index (κ3) is 4.86. The van der Waals surface area contributed by atoms with Crippen molar-refractivity contribution in [3.8, 4) is 0 Å². The van der Waals surface area contributed by atoms with Gasteiger partial charge in [0.15, 0.2) is 0 Å². The molecule has 0 saturated carbocycles. The van der Waals surface area contributed by atoms with Gasteiger partial charge in [0.05, 0.1) is 6.54 Å². The Morgan fingerprint density at radius 3 is 2.29 bits per heavy atom. The molecule has 3 N–H and O–H groups in total. The number of nitrogens with zero attached hydrogens (tertiary/aromatic N) is 3. The van der Waals surface area contributed by atoms with E-state index in [0.29, 0.717) is 29.4 Å². The standard InChI is InChI=1S/C10H17ClN6/c1-4-5-13-9-15-8(12-3)16-10(17-9)14-6-7(2)11/h2,4-6H2,1,3H3,(H3,12,13,14,15,16,17). The van der Waals surface area contributed by atoms with Gasteiger partial charge in [0.25, 0.3) is 0 Å². The summed E-state index contributed by atoms with van der Waals surface area (Å²) in [5.74, 6) is 1.50. The molecule has 0 radical (unpaired) electrons. The van der Waals surface area contributed by atoms with Gasteiger partial charge in [-0.25, -0.2) is 0 Å². The zero-order valence-corrected chi connectivity index (χ0v) is 10.8. The average molecular weight is 257 g/mol. The third-order valence-electron chi connectivity index (χ3n) is 1.83. The maximum absolute atomic E-state index is 5.67. The van der Waals surface area contributed by atoms with Gasteiger partial charge in [-0.3, -0.25) is 0 Å². The minimum Gasteiger partial charge on any atom is -0.357 e. The van der Waals surface area contributed by atoms with Gasteiger partial charge in [-0.15, -0.1) is 0 Å². The molecule has 0 aromatic carbocycles. The Kier molecular flexibility index (Phi) is 5.48. The lowest BCUT2D eigenvalue weighted by Crippen LogP contribution is -2.12. The van der Waals surface area contributed by atoms with E-state index in [1.165, 1.54) is 0 Å². The summed E-state index contributed by atoms with van der Waals surface area (Å²) in [6.45, 7) is 6.89. The maximum Gasteiger partial charge on any atom is 0.229 e. The second kappa shape index (κ2) is 6.90. The number of anilines is 3. The first-order valence-electron chi connectivity index (χ1n) is 5.40. The highest BCUT2D eigenvalue weighted by atomic mass is 35.5. The predicted octanol–water partition coefficient (Wildman–Crippen LogP) is 1.90. The number of rotatable bonds is 7. The summed E-state index contributed by atoms with van der Waals surface area (Å²) in [4.78, 5) is 12.5. The van der Waals surface area contributed by atoms with Crippen LogP contribution < -0.4 is 16.0 Å². The summed E-state index contributed by atoms with van der Waals surface area (Å²) >= 11 is 5.67. The lowest BCUT2D eigenvalue weighted by Gasteiger charge is -2.08. The molecule has 0 aliphatic heterocycles. The largest absolute Gasteiger partial charge is 0.357 e. The van der Waals surface area contributed by atoms with Crippen LogP contribution in [0.4, 0.5) is 17.8 Å². The van der Waals surface area contributed by atoms with Crippen molar-refractivity contribution in [3.05, 3.63) is 11.6 Å². The average Bonchev–Trinajstić information content (AvgIpc) is 2.33. The Morgan fingerprint density at radius 2 is 1.76 bits per heavy atom. The fourth-order valence-corrected chi connectivity index (χ4v) is 1.12. The quantitative estimate of drug-likeness (QED) is 0.692. The Bertz CT molecular complexity index is 381. The van der Waals surface area contributed by atoms with Crippen LogP contribution in [0.25, 0.3) is 0 Å². The summed E-state index contributed by atoms with van der Waals surface area (Å²) in [6.07, 6.45) is 1.00. The molecule has 1 heterocycles. The zero-order chi connectivity index (χ0) is 12.7. The lowest BCUT2D eigenvalue weighted by molar-refractivity contribution is 0.938. The van der Waals surface area contributed by atoms with Crippen molar-refractivity contribution in [1.82, 2.24) is 15.0 Å². The number of hydrogen-bond donors (Lipinski definition) is 3. The van der Waals surface area contributed by atoms with Gasteiger partial charge in [-0.05, 0) is 6.42 Å². The molecule has 17 heavy (non-hydrogen) atoms. The highest BCUT2D eigenvalue weighted by Gasteiger charge is 2.04. The fourth-order valence-electron chi connectivity index (χ4n) is 1.06. The van der Waals surface area contributed by atoms with Crippen LogP contribution in [0.2, 0.25) is 0 Å². The van der Waals surface area contributed by atoms with Crippen molar-refractivity contribution < 1.29 is 0 Å². The first-order chi connectivity index (χ1) is 8.15. The number of halogens is 1. The Labute approximate surface area is 106 Å². The molecule has 94 valence electrons. The lowest BCUT2D eigenvalue weighted by atomic mass is 10.5. The summed E-state index contributed by atoms with van der Waals surface area (Å²) in [7, 11) is 1.75. The number of aromatic nitrogens is 3. The fraction of sp³-hybridized carbons (Fsp3) is 0.500. The van der Waals surface area contributed by atoms with E-state index < -0.39 is 0 Å². The van der Waals surface area contributed by atoms with Crippen molar-refractivity contribution in [1.29, 1.82) is 0 Å². The highest BCUT2D eigenvalue weighted by Crippen LogP contribution is 2.09. The van der Waals surface area contributed by atoms with Crippen LogP contribution in [0.15, 0.2) is 11.6 Å². The molecule has 1 rings (SSSR count). The molecule has 1 aromatic rings. The summed E-state index contributed by atoms with van der Waals surface area (Å²) in [5.41, 5.74) is 0. The van der Waals surface area contributed by atoms with Crippen LogP contribution in [0.5, 0.6) is 0 Å². The zero-order valence-electron chi connectivity index (χ0n) is 10.0. The minimum atomic E-state index is 0.419. The van der Waals surface area contributed by atoms with Crippen LogP contribution >= 0.6 is 11.6 Å². The van der Waals surface area contributed by atoms with Gasteiger partial charge in [-0.1, -0.05) is 25.1 Å². The Balaban J connectivity index is 2.77. The normalized spacial score (nSPS) is 9.82. The maximum atomic E-state index is 5.67. The molecule has 0 aliphatic rings. The second-order valence-electron chi connectivity index (χ2n) is 3.35. The van der Waals surface area contributed by atoms with E-state index >= 15 is 0 Å². The van der Waals surface area contributed by atoms with Crippen LogP contribution in [0.3, 0.4) is 0 Å². The molecule has 0 spiro atoms. The Morgan fingerprint density at radius 1 is 1.18 bits per heavy atom. The van der Waals surface area contributed by atoms with Gasteiger partial charge in [0.2, 0.25) is 17.8 Å². The van der Waals surface area contributed by atoms with E-state index in [2.05, 4.69) is 44.4 Å². The van der Waals surface area contributed by atoms with Gasteiger partial charge in [0, 0.05) is 18.6 Å². The Hall–Kier alpha value is -1.56. The molecule has 0 aliphatic carbocycles. The topological polar surface area (TPSA) is 74.8 Å². The van der Waals surface area contributed by atoms with Crippen molar-refractivity contribution in [2.75, 3.05) is 36.1 Å². The van der Waals surface area contributed by atoms with E-state index in [9.17, 15) is 0 Å². The molecule has 1 aromatic heterocycles. The molecular weight excluding hydrogens is 240 g/mol. The van der Waals surface area contributed by atoms with Crippen LogP contribution in [0.1, 0.15) is 13.3 Å². The van der Waals surface area contributed by atoms with Crippen molar-refractivity contribution in [2.24, 2.45) is 0 Å². The van der Waals surface area contributed by atoms with Gasteiger partial charge >= 0.3 is 0 Å². The first-order valence-corrected chi connectivity index (χ1v) is 5.78. The monoisotopic (exact) mass is 256 g/mol. The molecule has 0 bridgehead atoms. The minimum absolute atomic E-state index is 0.419. The molecule has 6 nitrogen and oxygen atoms in total. The molecular formula is C10H17ClN6. The van der Waals surface area contributed by atoms with E-state index in [0.717, 1.165) is 13.0 Å². The third-order valence-corrected chi connectivity index (χ3v) is 1.96. The molecule has 0 unspecified atom stereocenters. The van der Waals surface area contributed by atoms with Gasteiger partial charge in [-0.2, -0.15) is 15.0 Å². The number of hydrogen-bond acceptors (Lipinski definition) is 6. The van der Waals surface area contributed by atoms with Gasteiger partial charge in [0.1, 0.15) is 0 Å². The summed E-state index contributed by atoms with van der Waals surface area (Å²) in [6, 6.07) is 0. The molecule has 0 amide bonds. The van der Waals surface area contributed by atoms with Gasteiger partial charge < -0.3 is 16.0 Å². The van der Waals surface area contributed by atoms with Crippen LogP contribution in [-0.4, -0.2) is 35.1 Å². The predicted molar refractivity (Wildman–Crippen MR) is 71.6 cm³/mol. The van der Waals surface area contributed by atoms with E-state index in [1.54, 1.807) is 7.05 Å². The molecule has 0 saturated heterocycles. The SMILES string of the molecule is C=C(Cl)CNc1nc(NC)nc(NCCC)n1. The molecule has 0 fully saturated rings. The second-order valence-corrected chi connectivity index (χ2v) is 3.89. The first kappa shape index (κ1) is 13.5. The van der Waals surface area contributed by atoms with Crippen LogP contribution in [-0.2, 0) is 0 Å². The summed E-state index contributed by atoms with van der Waals surface area (Å²) < 4.78 is 0. The van der Waals surface area contributed by atoms with Crippen LogP contribution in [0, 0.1) is 0 Å². The smallest absolute Gasteiger partial charge is 0.229 e. The van der Waals surface area contributed by atoms with E-state index in [-0.39, 0.29) is 0 Å². The van der Waals surface area contributed by atoms with Crippen molar-refractivity contribution in [3.63, 3.8) is 0 Å². The number of nitrogens with one attached hydrogen (secondary N) is 3. The van der Waals surface area contributed by atoms with E-state index in [1.807, 2.05) is 0 Å². The van der Waals surface area contributed by atoms with E-state index in [4.69, 9.17) is 11.6 Å². The summed E-state index contributed by atoms with van der Waals surface area (Å²) in [5, 5.41) is 9.44. The van der Waals surface area contributed by atoms with Crippen molar-refractivity contribution >= 4 is 29.4 Å². The molecule has 7 heteroatoms. The highest BCUT2D eigenvalue weighted by molar-refractivity contribution is 6.29. The molecule has 0 atom stereocenters. The van der Waals surface area contributed by atoms with Crippen molar-refractivity contribution in [2.45, 2.75) is 13.3 Å².